The summed E-state index contributed by atoms with van der Waals surface area (Å²) in [5, 5.41) is 0. The number of rotatable bonds is 2. The van der Waals surface area contributed by atoms with E-state index >= 15 is 0 Å². The molecule has 19 heavy (non-hydrogen) atoms. The topological polar surface area (TPSA) is 36.9 Å². The molecule has 102 valence electrons. The molecule has 2 aromatic heterocycles. The first-order valence-electron chi connectivity index (χ1n) is 6.91. The van der Waals surface area contributed by atoms with E-state index in [2.05, 4.69) is 33.4 Å². The average Bonchev–Trinajstić information content (AvgIpc) is 2.71. The fourth-order valence-corrected chi connectivity index (χ4v) is 3.19. The van der Waals surface area contributed by atoms with E-state index in [0.29, 0.717) is 6.04 Å². The van der Waals surface area contributed by atoms with Crippen molar-refractivity contribution in [3.05, 3.63) is 22.6 Å². The van der Waals surface area contributed by atoms with Crippen LogP contribution >= 0.6 is 12.2 Å². The van der Waals surface area contributed by atoms with Gasteiger partial charge in [0.05, 0.1) is 5.52 Å². The number of likely N-dealkylation sites (tertiary alicyclic amines) is 1. The van der Waals surface area contributed by atoms with E-state index in [1.54, 1.807) is 0 Å². The predicted octanol–water partition coefficient (Wildman–Crippen LogP) is 2.89. The number of nitrogens with one attached hydrogen (secondary N) is 1. The van der Waals surface area contributed by atoms with E-state index in [1.165, 1.54) is 31.4 Å². The lowest BCUT2D eigenvalue weighted by molar-refractivity contribution is 0.168. The summed E-state index contributed by atoms with van der Waals surface area (Å²) in [6.07, 6.45) is 5.74. The summed E-state index contributed by atoms with van der Waals surface area (Å²) in [7, 11) is 2.21. The summed E-state index contributed by atoms with van der Waals surface area (Å²) in [5.74, 6) is 0. The maximum atomic E-state index is 5.47. The minimum absolute atomic E-state index is 0.571. The van der Waals surface area contributed by atoms with Gasteiger partial charge >= 0.3 is 0 Å². The zero-order valence-electron chi connectivity index (χ0n) is 11.5. The molecule has 1 aliphatic heterocycles. The second-order valence-corrected chi connectivity index (χ2v) is 5.88. The quantitative estimate of drug-likeness (QED) is 0.857. The first-order chi connectivity index (χ1) is 9.16. The van der Waals surface area contributed by atoms with Crippen LogP contribution in [0.5, 0.6) is 0 Å². The molecule has 1 N–H and O–H groups in total. The van der Waals surface area contributed by atoms with Crippen molar-refractivity contribution in [2.24, 2.45) is 0 Å². The summed E-state index contributed by atoms with van der Waals surface area (Å²) in [4.78, 5) is 10.2. The van der Waals surface area contributed by atoms with Gasteiger partial charge in [0.1, 0.15) is 0 Å². The number of likely N-dealkylation sites (N-methyl/N-ethyl adjacent to an activating group) is 1. The van der Waals surface area contributed by atoms with Gasteiger partial charge in [-0.2, -0.15) is 0 Å². The van der Waals surface area contributed by atoms with Gasteiger partial charge in [0.25, 0.3) is 0 Å². The zero-order chi connectivity index (χ0) is 13.4. The highest BCUT2D eigenvalue weighted by molar-refractivity contribution is 7.71. The molecular formula is C14H20N4S. The van der Waals surface area contributed by atoms with Gasteiger partial charge in [-0.15, -0.1) is 0 Å². The number of nitrogens with zero attached hydrogens (tertiary/aromatic N) is 3. The summed E-state index contributed by atoms with van der Waals surface area (Å²) in [5.41, 5.74) is 3.27. The molecule has 0 aromatic carbocycles. The third-order valence-corrected chi connectivity index (χ3v) is 4.51. The number of pyridine rings is 1. The molecule has 1 aliphatic rings. The molecule has 0 saturated carbocycles. The number of imidazole rings is 1. The number of aromatic amines is 1. The van der Waals surface area contributed by atoms with Crippen LogP contribution in [0.3, 0.4) is 0 Å². The number of fused-ring (bicyclic) bond motifs is 1. The molecule has 1 saturated heterocycles. The highest BCUT2D eigenvalue weighted by Crippen LogP contribution is 2.20. The van der Waals surface area contributed by atoms with E-state index in [-0.39, 0.29) is 0 Å². The van der Waals surface area contributed by atoms with Gasteiger partial charge in [-0.25, -0.2) is 4.98 Å². The molecule has 0 aliphatic carbocycles. The Morgan fingerprint density at radius 1 is 1.47 bits per heavy atom. The van der Waals surface area contributed by atoms with E-state index in [9.17, 15) is 0 Å². The van der Waals surface area contributed by atoms with Crippen LogP contribution in [0, 0.1) is 11.7 Å². The van der Waals surface area contributed by atoms with Gasteiger partial charge in [0, 0.05) is 18.8 Å². The Balaban J connectivity index is 1.98. The van der Waals surface area contributed by atoms with E-state index in [1.807, 2.05) is 12.3 Å². The SMILES string of the molecule is Cc1ccnc2c1[nH]c(=S)n2CC1CCCCN1C. The molecule has 3 rings (SSSR count). The van der Waals surface area contributed by atoms with Gasteiger partial charge in [0.2, 0.25) is 0 Å². The van der Waals surface area contributed by atoms with Crippen LogP contribution in [-0.4, -0.2) is 39.1 Å². The standard InChI is InChI=1S/C14H20N4S/c1-10-6-7-15-13-12(10)16-14(19)18(13)9-11-5-3-4-8-17(11)2/h6-7,11H,3-5,8-9H2,1-2H3,(H,16,19). The Morgan fingerprint density at radius 3 is 3.11 bits per heavy atom. The smallest absolute Gasteiger partial charge is 0.179 e. The Labute approximate surface area is 118 Å². The molecule has 1 atom stereocenters. The molecule has 1 unspecified atom stereocenters. The van der Waals surface area contributed by atoms with Crippen LogP contribution in [0.1, 0.15) is 24.8 Å². The van der Waals surface area contributed by atoms with Crippen LogP contribution in [0.15, 0.2) is 12.3 Å². The fraction of sp³-hybridized carbons (Fsp3) is 0.571. The van der Waals surface area contributed by atoms with E-state index in [0.717, 1.165) is 22.5 Å². The molecule has 1 fully saturated rings. The zero-order valence-corrected chi connectivity index (χ0v) is 12.3. The van der Waals surface area contributed by atoms with Crippen LogP contribution in [-0.2, 0) is 6.54 Å². The van der Waals surface area contributed by atoms with E-state index < -0.39 is 0 Å². The van der Waals surface area contributed by atoms with Crippen LogP contribution in [0.4, 0.5) is 0 Å². The molecule has 3 heterocycles. The molecular weight excluding hydrogens is 256 g/mol. The van der Waals surface area contributed by atoms with Crippen molar-refractivity contribution in [2.45, 2.75) is 38.8 Å². The van der Waals surface area contributed by atoms with Gasteiger partial charge in [-0.1, -0.05) is 6.42 Å². The third kappa shape index (κ3) is 2.32. The monoisotopic (exact) mass is 276 g/mol. The molecule has 0 spiro atoms. The number of hydrogen-bond acceptors (Lipinski definition) is 3. The lowest BCUT2D eigenvalue weighted by Crippen LogP contribution is -2.39. The van der Waals surface area contributed by atoms with Crippen LogP contribution in [0.25, 0.3) is 11.2 Å². The van der Waals surface area contributed by atoms with Crippen molar-refractivity contribution in [2.75, 3.05) is 13.6 Å². The maximum absolute atomic E-state index is 5.47. The predicted molar refractivity (Wildman–Crippen MR) is 79.9 cm³/mol. The summed E-state index contributed by atoms with van der Waals surface area (Å²) >= 11 is 5.47. The Hall–Kier alpha value is -1.20. The number of aryl methyl sites for hydroxylation is 1. The highest BCUT2D eigenvalue weighted by atomic mass is 32.1. The molecule has 0 bridgehead atoms. The first-order valence-corrected chi connectivity index (χ1v) is 7.32. The normalized spacial score (nSPS) is 21.1. The maximum Gasteiger partial charge on any atom is 0.179 e. The molecule has 0 radical (unpaired) electrons. The Morgan fingerprint density at radius 2 is 2.32 bits per heavy atom. The van der Waals surface area contributed by atoms with Crippen molar-refractivity contribution in [1.29, 1.82) is 0 Å². The lowest BCUT2D eigenvalue weighted by Gasteiger charge is -2.32. The molecule has 4 nitrogen and oxygen atoms in total. The minimum atomic E-state index is 0.571. The minimum Gasteiger partial charge on any atom is -0.329 e. The first kappa shape index (κ1) is 12.8. The summed E-state index contributed by atoms with van der Waals surface area (Å²) < 4.78 is 2.94. The number of aromatic nitrogens is 3. The summed E-state index contributed by atoms with van der Waals surface area (Å²) in [6, 6.07) is 2.59. The highest BCUT2D eigenvalue weighted by Gasteiger charge is 2.20. The largest absolute Gasteiger partial charge is 0.329 e. The fourth-order valence-electron chi connectivity index (χ4n) is 2.93. The average molecular weight is 276 g/mol. The van der Waals surface area contributed by atoms with Crippen molar-refractivity contribution in [3.63, 3.8) is 0 Å². The van der Waals surface area contributed by atoms with Gasteiger partial charge in [0.15, 0.2) is 10.4 Å². The molecule has 5 heteroatoms. The molecule has 0 amide bonds. The van der Waals surface area contributed by atoms with Gasteiger partial charge in [-0.05, 0) is 57.2 Å². The van der Waals surface area contributed by atoms with Crippen LogP contribution < -0.4 is 0 Å². The second kappa shape index (κ2) is 5.06. The molecule has 2 aromatic rings. The van der Waals surface area contributed by atoms with Crippen molar-refractivity contribution >= 4 is 23.4 Å². The Kier molecular flexibility index (Phi) is 3.41. The van der Waals surface area contributed by atoms with Gasteiger partial charge < -0.3 is 9.88 Å². The van der Waals surface area contributed by atoms with Crippen molar-refractivity contribution in [1.82, 2.24) is 19.4 Å². The number of hydrogen-bond donors (Lipinski definition) is 1. The lowest BCUT2D eigenvalue weighted by atomic mass is 10.0. The summed E-state index contributed by atoms with van der Waals surface area (Å²) in [6.45, 7) is 4.21. The van der Waals surface area contributed by atoms with Crippen molar-refractivity contribution in [3.8, 4) is 0 Å². The van der Waals surface area contributed by atoms with Crippen LogP contribution in [0.2, 0.25) is 0 Å². The Bertz CT molecular complexity index is 642. The number of piperidine rings is 1. The van der Waals surface area contributed by atoms with E-state index in [4.69, 9.17) is 12.2 Å². The van der Waals surface area contributed by atoms with Crippen molar-refractivity contribution < 1.29 is 0 Å². The number of H-pyrrole nitrogens is 1. The second-order valence-electron chi connectivity index (χ2n) is 5.50. The van der Waals surface area contributed by atoms with Gasteiger partial charge in [-0.3, -0.25) is 4.57 Å². The third-order valence-electron chi connectivity index (χ3n) is 4.19.